The fraction of sp³-hybridized carbons (Fsp3) is 0.226. The van der Waals surface area contributed by atoms with Crippen molar-refractivity contribution in [2.24, 2.45) is 0 Å². The first kappa shape index (κ1) is 29.0. The van der Waals surface area contributed by atoms with Crippen molar-refractivity contribution in [1.29, 1.82) is 0 Å². The van der Waals surface area contributed by atoms with Gasteiger partial charge >= 0.3 is 5.97 Å². The van der Waals surface area contributed by atoms with Gasteiger partial charge < -0.3 is 20.2 Å². The van der Waals surface area contributed by atoms with Gasteiger partial charge in [-0.2, -0.15) is 11.8 Å². The molecule has 3 aromatic carbocycles. The predicted octanol–water partition coefficient (Wildman–Crippen LogP) is 4.86. The molecule has 1 aliphatic heterocycles. The molecule has 11 heteroatoms. The lowest BCUT2D eigenvalue weighted by atomic mass is 10.2. The number of rotatable bonds is 10. The molecule has 216 valence electrons. The summed E-state index contributed by atoms with van der Waals surface area (Å²) in [7, 11) is 0. The normalized spacial score (nSPS) is 14.0. The van der Waals surface area contributed by atoms with E-state index in [9.17, 15) is 23.5 Å². The first-order chi connectivity index (χ1) is 20.4. The highest BCUT2D eigenvalue weighted by molar-refractivity contribution is 7.98. The minimum Gasteiger partial charge on any atom is -0.480 e. The number of aromatic nitrogens is 2. The number of thioether (sulfide) groups is 1. The molecule has 0 bridgehead atoms. The van der Waals surface area contributed by atoms with Gasteiger partial charge in [-0.3, -0.25) is 4.79 Å². The number of piperazine rings is 1. The van der Waals surface area contributed by atoms with Crippen LogP contribution in [0.15, 0.2) is 84.9 Å². The number of carboxylic acids is 1. The van der Waals surface area contributed by atoms with Gasteiger partial charge in [0.2, 0.25) is 0 Å². The summed E-state index contributed by atoms with van der Waals surface area (Å²) < 4.78 is 27.7. The second-order valence-corrected chi connectivity index (χ2v) is 10.8. The van der Waals surface area contributed by atoms with Crippen LogP contribution in [0.3, 0.4) is 0 Å². The molecule has 8 nitrogen and oxygen atoms in total. The van der Waals surface area contributed by atoms with Crippen LogP contribution in [0.4, 0.5) is 20.3 Å². The summed E-state index contributed by atoms with van der Waals surface area (Å²) in [6, 6.07) is 23.3. The Morgan fingerprint density at radius 2 is 1.52 bits per heavy atom. The van der Waals surface area contributed by atoms with E-state index in [-0.39, 0.29) is 22.8 Å². The third-order valence-electron chi connectivity index (χ3n) is 6.85. The van der Waals surface area contributed by atoms with Crippen LogP contribution < -0.4 is 15.1 Å². The third kappa shape index (κ3) is 7.22. The largest absolute Gasteiger partial charge is 0.480 e. The molecule has 2 heterocycles. The van der Waals surface area contributed by atoms with Gasteiger partial charge in [-0.05, 0) is 35.9 Å². The molecule has 0 saturated carbocycles. The molecule has 0 unspecified atom stereocenters. The molecule has 0 spiro atoms. The molecule has 1 amide bonds. The highest BCUT2D eigenvalue weighted by Crippen LogP contribution is 2.25. The predicted molar refractivity (Wildman–Crippen MR) is 160 cm³/mol. The fourth-order valence-corrected chi connectivity index (χ4v) is 5.59. The molecule has 1 fully saturated rings. The third-order valence-corrected chi connectivity index (χ3v) is 7.95. The van der Waals surface area contributed by atoms with Crippen molar-refractivity contribution in [2.45, 2.75) is 11.8 Å². The maximum absolute atomic E-state index is 14.1. The fourth-order valence-electron chi connectivity index (χ4n) is 4.59. The summed E-state index contributed by atoms with van der Waals surface area (Å²) in [5.74, 6) is -2.74. The van der Waals surface area contributed by atoms with Crippen LogP contribution >= 0.6 is 11.8 Å². The van der Waals surface area contributed by atoms with Crippen molar-refractivity contribution in [2.75, 3.05) is 41.7 Å². The Hall–Kier alpha value is -4.51. The van der Waals surface area contributed by atoms with Crippen LogP contribution in [0.2, 0.25) is 0 Å². The number of hydrogen-bond donors (Lipinski definition) is 2. The van der Waals surface area contributed by atoms with E-state index < -0.39 is 29.6 Å². The van der Waals surface area contributed by atoms with Gasteiger partial charge in [0.25, 0.3) is 5.91 Å². The smallest absolute Gasteiger partial charge is 0.327 e. The minimum atomic E-state index is -1.17. The standard InChI is InChI=1S/C31H29F2N5O3S/c32-24-12-11-22(17-25(24)33)29-34-26(30(39)35-27(31(40)41)20-42-19-21-7-3-1-4-8-21)18-28(36-29)38-15-13-37(14-16-38)23-9-5-2-6-10-23/h1-12,17-18,27H,13-16,19-20H2,(H,35,39)(H,40,41)/t27-/m0/s1. The Morgan fingerprint density at radius 3 is 2.19 bits per heavy atom. The number of aliphatic carboxylic acids is 1. The number of benzene rings is 3. The first-order valence-electron chi connectivity index (χ1n) is 13.4. The van der Waals surface area contributed by atoms with Crippen LogP contribution in [0, 0.1) is 11.6 Å². The summed E-state index contributed by atoms with van der Waals surface area (Å²) in [5.41, 5.74) is 2.28. The average molecular weight is 590 g/mol. The van der Waals surface area contributed by atoms with Crippen molar-refractivity contribution in [3.05, 3.63) is 108 Å². The monoisotopic (exact) mass is 589 g/mol. The zero-order valence-corrected chi connectivity index (χ0v) is 23.4. The number of carbonyl (C=O) groups is 2. The van der Waals surface area contributed by atoms with Gasteiger partial charge in [-0.25, -0.2) is 23.5 Å². The summed E-state index contributed by atoms with van der Waals surface area (Å²) in [6.07, 6.45) is 0. The van der Waals surface area contributed by atoms with E-state index in [0.717, 1.165) is 23.4 Å². The summed E-state index contributed by atoms with van der Waals surface area (Å²) in [4.78, 5) is 38.5. The molecule has 0 radical (unpaired) electrons. The van der Waals surface area contributed by atoms with Gasteiger partial charge in [0.05, 0.1) is 0 Å². The SMILES string of the molecule is O=C(N[C@@H](CSCc1ccccc1)C(=O)O)c1cc(N2CCN(c3ccccc3)CC2)nc(-c2ccc(F)c(F)c2)n1. The highest BCUT2D eigenvalue weighted by atomic mass is 32.2. The van der Waals surface area contributed by atoms with Gasteiger partial charge in [0.15, 0.2) is 17.5 Å². The van der Waals surface area contributed by atoms with E-state index in [0.29, 0.717) is 37.7 Å². The number of carboxylic acid groups (broad SMARTS) is 1. The maximum Gasteiger partial charge on any atom is 0.327 e. The Balaban J connectivity index is 1.36. The number of carbonyl (C=O) groups excluding carboxylic acids is 1. The Morgan fingerprint density at radius 1 is 0.857 bits per heavy atom. The number of hydrogen-bond acceptors (Lipinski definition) is 7. The van der Waals surface area contributed by atoms with Gasteiger partial charge in [-0.1, -0.05) is 48.5 Å². The Kier molecular flexibility index (Phi) is 9.28. The van der Waals surface area contributed by atoms with Crippen LogP contribution in [0.25, 0.3) is 11.4 Å². The summed E-state index contributed by atoms with van der Waals surface area (Å²) >= 11 is 1.39. The van der Waals surface area contributed by atoms with E-state index in [1.807, 2.05) is 65.6 Å². The Bertz CT molecular complexity index is 1540. The highest BCUT2D eigenvalue weighted by Gasteiger charge is 2.25. The number of nitrogens with one attached hydrogen (secondary N) is 1. The molecule has 42 heavy (non-hydrogen) atoms. The molecule has 1 atom stereocenters. The van der Waals surface area contributed by atoms with E-state index >= 15 is 0 Å². The van der Waals surface area contributed by atoms with Crippen LogP contribution in [-0.2, 0) is 10.5 Å². The van der Waals surface area contributed by atoms with E-state index in [2.05, 4.69) is 20.2 Å². The van der Waals surface area contributed by atoms with Crippen molar-refractivity contribution in [3.63, 3.8) is 0 Å². The van der Waals surface area contributed by atoms with E-state index in [1.54, 1.807) is 0 Å². The molecule has 4 aromatic rings. The lowest BCUT2D eigenvalue weighted by molar-refractivity contribution is -0.138. The molecule has 2 N–H and O–H groups in total. The number of nitrogens with zero attached hydrogens (tertiary/aromatic N) is 4. The zero-order chi connectivity index (χ0) is 29.5. The number of para-hydroxylation sites is 1. The number of halogens is 2. The lowest BCUT2D eigenvalue weighted by Crippen LogP contribution is -2.47. The molecule has 1 aliphatic rings. The van der Waals surface area contributed by atoms with Gasteiger partial charge in [-0.15, -0.1) is 0 Å². The molecule has 1 saturated heterocycles. The Labute approximate surface area is 246 Å². The van der Waals surface area contributed by atoms with Crippen LogP contribution in [0.5, 0.6) is 0 Å². The van der Waals surface area contributed by atoms with Crippen molar-refractivity contribution < 1.29 is 23.5 Å². The molecule has 1 aromatic heterocycles. The summed E-state index contributed by atoms with van der Waals surface area (Å²) in [6.45, 7) is 2.60. The topological polar surface area (TPSA) is 98.7 Å². The quantitative estimate of drug-likeness (QED) is 0.271. The van der Waals surface area contributed by atoms with Crippen LogP contribution in [0.1, 0.15) is 16.1 Å². The van der Waals surface area contributed by atoms with E-state index in [1.165, 1.54) is 23.9 Å². The number of anilines is 2. The average Bonchev–Trinajstić information content (AvgIpc) is 3.02. The van der Waals surface area contributed by atoms with Crippen molar-refractivity contribution >= 4 is 35.1 Å². The number of amides is 1. The molecular formula is C31H29F2N5O3S. The van der Waals surface area contributed by atoms with Gasteiger partial charge in [0.1, 0.15) is 17.6 Å². The molecule has 5 rings (SSSR count). The second-order valence-electron chi connectivity index (χ2n) is 9.74. The van der Waals surface area contributed by atoms with E-state index in [4.69, 9.17) is 0 Å². The first-order valence-corrected chi connectivity index (χ1v) is 14.6. The lowest BCUT2D eigenvalue weighted by Gasteiger charge is -2.36. The molecular weight excluding hydrogens is 560 g/mol. The van der Waals surface area contributed by atoms with Gasteiger partial charge in [0, 0.05) is 55.0 Å². The molecule has 0 aliphatic carbocycles. The second kappa shape index (κ2) is 13.4. The summed E-state index contributed by atoms with van der Waals surface area (Å²) in [5, 5.41) is 12.3. The zero-order valence-electron chi connectivity index (χ0n) is 22.6. The maximum atomic E-state index is 14.1. The van der Waals surface area contributed by atoms with Crippen LogP contribution in [-0.4, -0.2) is 64.9 Å². The van der Waals surface area contributed by atoms with Crippen molar-refractivity contribution in [3.8, 4) is 11.4 Å². The van der Waals surface area contributed by atoms with Crippen molar-refractivity contribution in [1.82, 2.24) is 15.3 Å². The minimum absolute atomic E-state index is 0.0346.